The molecule has 28 heteroatoms. The van der Waals surface area contributed by atoms with Gasteiger partial charge in [0.15, 0.2) is 0 Å². The van der Waals surface area contributed by atoms with Gasteiger partial charge >= 0.3 is 0 Å². The van der Waals surface area contributed by atoms with Gasteiger partial charge in [-0.05, 0) is 149 Å². The first-order chi connectivity index (χ1) is 29.1. The molecule has 2 rings (SSSR count). The molecule has 0 radical (unpaired) electrons. The van der Waals surface area contributed by atoms with Gasteiger partial charge in [0.05, 0.1) is 125 Å². The summed E-state index contributed by atoms with van der Waals surface area (Å²) in [6.07, 6.45) is -2.72. The zero-order valence-corrected chi connectivity index (χ0v) is 45.3. The quantitative estimate of drug-likeness (QED) is 0.0636. The van der Waals surface area contributed by atoms with Crippen LogP contribution in [-0.2, 0) is 9.59 Å². The van der Waals surface area contributed by atoms with Gasteiger partial charge < -0.3 is 83.0 Å². The van der Waals surface area contributed by atoms with Crippen molar-refractivity contribution in [1.82, 2.24) is 21.3 Å². The van der Waals surface area contributed by atoms with Crippen LogP contribution in [0.25, 0.3) is 0 Å². The largest absolute Gasteiger partial charge is 0.394 e. The Labute approximate surface area is 435 Å². The first kappa shape index (κ1) is 59.3. The highest BCUT2D eigenvalue weighted by atomic mass is 127. The number of aliphatic hydroxyl groups excluding tert-OH is 10. The lowest BCUT2D eigenvalue weighted by Gasteiger charge is -2.22. The highest BCUT2D eigenvalue weighted by molar-refractivity contribution is 14.1. The Bertz CT molecular complexity index is 1690. The number of hydrogen-bond donors (Lipinski definition) is 16. The molecular formula is C34H44I6N6O16. The average Bonchev–Trinajstić information content (AvgIpc) is 3.22. The van der Waals surface area contributed by atoms with Crippen LogP contribution in [0.1, 0.15) is 55.3 Å². The molecule has 0 fully saturated rings. The monoisotopic (exact) mass is 1550 g/mol. The van der Waals surface area contributed by atoms with E-state index in [1.54, 1.807) is 45.2 Å². The maximum absolute atomic E-state index is 12.9. The van der Waals surface area contributed by atoms with Gasteiger partial charge in [-0.2, -0.15) is 0 Å². The van der Waals surface area contributed by atoms with Crippen LogP contribution in [0.4, 0.5) is 11.4 Å². The molecule has 0 saturated heterocycles. The number of nitrogens with one attached hydrogen (secondary N) is 6. The first-order valence-electron chi connectivity index (χ1n) is 17.6. The molecule has 348 valence electrons. The summed E-state index contributed by atoms with van der Waals surface area (Å²) in [4.78, 5) is 75.8. The molecule has 0 aromatic heterocycles. The van der Waals surface area contributed by atoms with Crippen LogP contribution in [0.5, 0.6) is 0 Å². The van der Waals surface area contributed by atoms with E-state index >= 15 is 0 Å². The van der Waals surface area contributed by atoms with Gasteiger partial charge in [0.25, 0.3) is 35.4 Å². The summed E-state index contributed by atoms with van der Waals surface area (Å²) in [5.41, 5.74) is 0.232. The molecule has 2 aromatic rings. The molecule has 0 spiro atoms. The Kier molecular flexibility index (Phi) is 27.8. The molecule has 22 nitrogen and oxygen atoms in total. The molecule has 0 heterocycles. The average molecular weight is 1550 g/mol. The van der Waals surface area contributed by atoms with Gasteiger partial charge in [0.2, 0.25) is 0 Å². The van der Waals surface area contributed by atoms with Crippen LogP contribution in [-0.4, -0.2) is 176 Å². The van der Waals surface area contributed by atoms with E-state index in [0.29, 0.717) is 0 Å². The third-order valence-electron chi connectivity index (χ3n) is 7.90. The second kappa shape index (κ2) is 29.1. The number of aliphatic hydroxyl groups is 10. The maximum Gasteiger partial charge on any atom is 0.253 e. The Morgan fingerprint density at radius 1 is 0.387 bits per heavy atom. The van der Waals surface area contributed by atoms with Crippen molar-refractivity contribution in [3.05, 3.63) is 43.7 Å². The molecule has 62 heavy (non-hydrogen) atoms. The number of anilines is 2. The molecule has 0 aliphatic carbocycles. The Morgan fingerprint density at radius 3 is 0.710 bits per heavy atom. The third kappa shape index (κ3) is 16.2. The van der Waals surface area contributed by atoms with Crippen molar-refractivity contribution in [2.24, 2.45) is 0 Å². The molecule has 0 bridgehead atoms. The summed E-state index contributed by atoms with van der Waals surface area (Å²) in [6, 6.07) is -3.78. The number of amides is 6. The predicted molar refractivity (Wildman–Crippen MR) is 272 cm³/mol. The summed E-state index contributed by atoms with van der Waals surface area (Å²) < 4.78 is 1.49. The summed E-state index contributed by atoms with van der Waals surface area (Å²) in [5.74, 6) is -4.35. The topological polar surface area (TPSA) is 377 Å². The zero-order valence-electron chi connectivity index (χ0n) is 32.3. The lowest BCUT2D eigenvalue weighted by atomic mass is 10.1. The molecule has 2 atom stereocenters. The van der Waals surface area contributed by atoms with Crippen LogP contribution in [0.15, 0.2) is 0 Å². The van der Waals surface area contributed by atoms with Crippen LogP contribution < -0.4 is 31.9 Å². The van der Waals surface area contributed by atoms with E-state index in [0.717, 1.165) is 0 Å². The smallest absolute Gasteiger partial charge is 0.253 e. The number of rotatable bonds is 20. The highest BCUT2D eigenvalue weighted by Crippen LogP contribution is 2.37. The van der Waals surface area contributed by atoms with E-state index < -0.39 is 125 Å². The predicted octanol–water partition coefficient (Wildman–Crippen LogP) is -2.03. The maximum atomic E-state index is 12.9. The van der Waals surface area contributed by atoms with Crippen molar-refractivity contribution in [1.29, 1.82) is 0 Å². The van der Waals surface area contributed by atoms with E-state index in [1.807, 2.05) is 90.4 Å². The number of carbonyl (C=O) groups is 6. The normalized spacial score (nSPS) is 12.1. The number of benzene rings is 2. The summed E-state index contributed by atoms with van der Waals surface area (Å²) in [6.45, 7) is -1.66. The van der Waals surface area contributed by atoms with E-state index in [-0.39, 0.29) is 55.0 Å². The molecule has 2 aromatic carbocycles. The fourth-order valence-electron chi connectivity index (χ4n) is 4.43. The second-order valence-electron chi connectivity index (χ2n) is 12.6. The van der Waals surface area contributed by atoms with Gasteiger partial charge in [-0.3, -0.25) is 28.8 Å². The zero-order chi connectivity index (χ0) is 47.8. The SMILES string of the molecule is C[C@H](O)C(=O)Nc1c(I)c(C(=O)NC(CO)CO)c(I)c(C(=O)NC(CO)CO)c1I.C[C@H](O)C(=O)Nc1c(I)c(C(=O)NC(CO)CO)c(I)c(C(=O)NC(CO)CO)c1I. The fourth-order valence-corrected chi connectivity index (χ4v) is 13.3. The molecule has 0 saturated carbocycles. The van der Waals surface area contributed by atoms with E-state index in [2.05, 4.69) is 31.9 Å². The molecule has 0 aliphatic rings. The van der Waals surface area contributed by atoms with Gasteiger partial charge in [-0.15, -0.1) is 0 Å². The fraction of sp³-hybridized carbons (Fsp3) is 0.471. The van der Waals surface area contributed by atoms with Gasteiger partial charge in [-0.1, -0.05) is 0 Å². The minimum Gasteiger partial charge on any atom is -0.394 e. The molecule has 0 aliphatic heterocycles. The number of halogens is 6. The Morgan fingerprint density at radius 2 is 0.565 bits per heavy atom. The summed E-state index contributed by atoms with van der Waals surface area (Å²) in [5, 5.41) is 108. The second-order valence-corrected chi connectivity index (χ2v) is 19.1. The van der Waals surface area contributed by atoms with E-state index in [4.69, 9.17) is 0 Å². The van der Waals surface area contributed by atoms with Crippen LogP contribution in [0, 0.1) is 21.4 Å². The summed E-state index contributed by atoms with van der Waals surface area (Å²) >= 11 is 10.8. The van der Waals surface area contributed by atoms with E-state index in [9.17, 15) is 79.8 Å². The van der Waals surface area contributed by atoms with Crippen molar-refractivity contribution in [2.45, 2.75) is 50.2 Å². The first-order valence-corrected chi connectivity index (χ1v) is 24.0. The molecular weight excluding hydrogens is 1510 g/mol. The number of carbonyl (C=O) groups excluding carboxylic acids is 6. The summed E-state index contributed by atoms with van der Waals surface area (Å²) in [7, 11) is 0. The highest BCUT2D eigenvalue weighted by Gasteiger charge is 2.32. The number of hydrogen-bond acceptors (Lipinski definition) is 16. The van der Waals surface area contributed by atoms with Crippen molar-refractivity contribution in [3.63, 3.8) is 0 Å². The standard InChI is InChI=1S/2C17H22I3N3O8/c2*1-6(28)15(29)23-14-12(19)9(16(30)21-7(2-24)3-25)11(18)10(13(14)20)17(31)22-8(4-26)5-27/h2*6-8,24-28H,2-5H2,1H3,(H,21,30)(H,22,31)(H,23,29)/t2*6-/m00/s1. The molecule has 0 unspecified atom stereocenters. The lowest BCUT2D eigenvalue weighted by molar-refractivity contribution is -0.123. The minimum absolute atomic E-state index is 0.00380. The molecule has 6 amide bonds. The van der Waals surface area contributed by atoms with Crippen molar-refractivity contribution >= 4 is 182 Å². The van der Waals surface area contributed by atoms with Gasteiger partial charge in [0.1, 0.15) is 12.2 Å². The Hall–Kier alpha value is -0.760. The van der Waals surface area contributed by atoms with Crippen molar-refractivity contribution in [2.75, 3.05) is 63.5 Å². The third-order valence-corrected chi connectivity index (χ3v) is 14.4. The van der Waals surface area contributed by atoms with Crippen LogP contribution in [0.3, 0.4) is 0 Å². The van der Waals surface area contributed by atoms with Crippen LogP contribution >= 0.6 is 136 Å². The van der Waals surface area contributed by atoms with Gasteiger partial charge in [0, 0.05) is 7.14 Å². The van der Waals surface area contributed by atoms with Crippen molar-refractivity contribution < 1.29 is 79.8 Å². The molecule has 16 N–H and O–H groups in total. The van der Waals surface area contributed by atoms with Crippen LogP contribution in [0.2, 0.25) is 0 Å². The minimum atomic E-state index is -1.36. The Balaban J connectivity index is 0.000000620. The van der Waals surface area contributed by atoms with Crippen molar-refractivity contribution in [3.8, 4) is 0 Å². The lowest BCUT2D eigenvalue weighted by Crippen LogP contribution is -2.42. The van der Waals surface area contributed by atoms with Gasteiger partial charge in [-0.25, -0.2) is 0 Å². The van der Waals surface area contributed by atoms with E-state index in [1.165, 1.54) is 13.8 Å².